The number of rotatable bonds is 10. The molecular weight excluding hydrogens is 378 g/mol. The molecule has 0 bridgehead atoms. The summed E-state index contributed by atoms with van der Waals surface area (Å²) < 4.78 is 11.4. The van der Waals surface area contributed by atoms with E-state index in [-0.39, 0.29) is 6.61 Å². The van der Waals surface area contributed by atoms with Crippen LogP contribution in [0, 0.1) is 6.92 Å². The number of hydrogen-bond donors (Lipinski definition) is 2. The third-order valence-corrected chi connectivity index (χ3v) is 5.46. The van der Waals surface area contributed by atoms with Crippen molar-refractivity contribution in [2.24, 2.45) is 0 Å². The van der Waals surface area contributed by atoms with Crippen LogP contribution in [0.1, 0.15) is 16.7 Å². The number of β-amino-alcohol motifs (C(OH)–C–C–N with tert-alkyl or cyclic N) is 1. The lowest BCUT2D eigenvalue weighted by Gasteiger charge is -2.33. The van der Waals surface area contributed by atoms with E-state index in [2.05, 4.69) is 53.4 Å². The van der Waals surface area contributed by atoms with Crippen LogP contribution in [-0.4, -0.2) is 74.5 Å². The average Bonchev–Trinajstić information content (AvgIpc) is 2.74. The Morgan fingerprint density at radius 2 is 1.73 bits per heavy atom. The third kappa shape index (κ3) is 6.99. The Morgan fingerprint density at radius 1 is 1.00 bits per heavy atom. The summed E-state index contributed by atoms with van der Waals surface area (Å²) in [6, 6.07) is 14.5. The van der Waals surface area contributed by atoms with Crippen molar-refractivity contribution in [3.8, 4) is 11.5 Å². The lowest BCUT2D eigenvalue weighted by Crippen LogP contribution is -2.47. The summed E-state index contributed by atoms with van der Waals surface area (Å²) in [5.74, 6) is 1.36. The molecule has 3 rings (SSSR count). The lowest BCUT2D eigenvalue weighted by atomic mass is 10.1. The summed E-state index contributed by atoms with van der Waals surface area (Å²) in [6.07, 6.45) is -0.527. The molecule has 1 atom stereocenters. The molecule has 0 spiro atoms. The first-order chi connectivity index (χ1) is 14.5. The van der Waals surface area contributed by atoms with Gasteiger partial charge in [-0.05, 0) is 37.2 Å². The fourth-order valence-corrected chi connectivity index (χ4v) is 3.68. The maximum absolute atomic E-state index is 10.4. The van der Waals surface area contributed by atoms with E-state index in [0.717, 1.165) is 44.8 Å². The quantitative estimate of drug-likeness (QED) is 0.623. The zero-order chi connectivity index (χ0) is 21.3. The van der Waals surface area contributed by atoms with Gasteiger partial charge in [-0.2, -0.15) is 0 Å². The fourth-order valence-electron chi connectivity index (χ4n) is 3.68. The van der Waals surface area contributed by atoms with E-state index < -0.39 is 6.10 Å². The molecule has 164 valence electrons. The van der Waals surface area contributed by atoms with Gasteiger partial charge < -0.3 is 24.8 Å². The number of aliphatic hydroxyl groups is 1. The predicted octanol–water partition coefficient (Wildman–Crippen LogP) is 2.28. The smallest absolute Gasteiger partial charge is 0.161 e. The van der Waals surface area contributed by atoms with Crippen LogP contribution in [0.2, 0.25) is 0 Å². The molecule has 1 aliphatic rings. The number of likely N-dealkylation sites (N-methyl/N-ethyl adjacent to an activating group) is 1. The van der Waals surface area contributed by atoms with Gasteiger partial charge in [0.25, 0.3) is 0 Å². The molecule has 2 aromatic carbocycles. The van der Waals surface area contributed by atoms with Crippen molar-refractivity contribution >= 4 is 0 Å². The number of nitrogens with zero attached hydrogens (tertiary/aromatic N) is 2. The van der Waals surface area contributed by atoms with Gasteiger partial charge in [-0.15, -0.1) is 0 Å². The van der Waals surface area contributed by atoms with Crippen molar-refractivity contribution in [2.75, 3.05) is 53.5 Å². The Morgan fingerprint density at radius 3 is 2.43 bits per heavy atom. The molecule has 6 heteroatoms. The summed E-state index contributed by atoms with van der Waals surface area (Å²) >= 11 is 0. The van der Waals surface area contributed by atoms with Gasteiger partial charge in [0, 0.05) is 45.8 Å². The topological polar surface area (TPSA) is 57.2 Å². The van der Waals surface area contributed by atoms with Crippen molar-refractivity contribution in [1.29, 1.82) is 0 Å². The van der Waals surface area contributed by atoms with Crippen molar-refractivity contribution in [1.82, 2.24) is 15.1 Å². The highest BCUT2D eigenvalue weighted by atomic mass is 16.5. The highest BCUT2D eigenvalue weighted by Crippen LogP contribution is 2.28. The Balaban J connectivity index is 1.49. The molecule has 0 aliphatic carbocycles. The standard InChI is InChI=1S/C24H35N3O3/c1-19-5-4-6-20(13-19)15-25-16-21-7-8-23(29-3)24(14-21)30-18-22(28)17-27-11-9-26(2)10-12-27/h4-8,13-14,22,25,28H,9-12,15-18H2,1-3H3/t22-/m1/s1. The highest BCUT2D eigenvalue weighted by molar-refractivity contribution is 5.43. The number of nitrogens with one attached hydrogen (secondary N) is 1. The molecule has 0 saturated carbocycles. The molecule has 1 aliphatic heterocycles. The van der Waals surface area contributed by atoms with E-state index >= 15 is 0 Å². The Labute approximate surface area is 180 Å². The Bertz CT molecular complexity index is 791. The maximum atomic E-state index is 10.4. The molecular formula is C24H35N3O3. The SMILES string of the molecule is COc1ccc(CNCc2cccc(C)c2)cc1OC[C@H](O)CN1CCN(C)CC1. The summed E-state index contributed by atoms with van der Waals surface area (Å²) in [6.45, 7) is 8.59. The average molecular weight is 414 g/mol. The van der Waals surface area contributed by atoms with Gasteiger partial charge in [0.2, 0.25) is 0 Å². The predicted molar refractivity (Wildman–Crippen MR) is 120 cm³/mol. The van der Waals surface area contributed by atoms with Crippen LogP contribution in [-0.2, 0) is 13.1 Å². The Kier molecular flexibility index (Phi) is 8.51. The zero-order valence-electron chi connectivity index (χ0n) is 18.4. The first-order valence-electron chi connectivity index (χ1n) is 10.7. The van der Waals surface area contributed by atoms with Crippen LogP contribution >= 0.6 is 0 Å². The second kappa shape index (κ2) is 11.3. The molecule has 0 amide bonds. The molecule has 1 saturated heterocycles. The van der Waals surface area contributed by atoms with E-state index in [1.54, 1.807) is 7.11 Å². The summed E-state index contributed by atoms with van der Waals surface area (Å²) in [7, 11) is 3.77. The van der Waals surface area contributed by atoms with Gasteiger partial charge >= 0.3 is 0 Å². The zero-order valence-corrected chi connectivity index (χ0v) is 18.4. The third-order valence-electron chi connectivity index (χ3n) is 5.46. The van der Waals surface area contributed by atoms with Crippen LogP contribution in [0.4, 0.5) is 0 Å². The highest BCUT2D eigenvalue weighted by Gasteiger charge is 2.18. The number of aryl methyl sites for hydroxylation is 1. The molecule has 6 nitrogen and oxygen atoms in total. The number of ether oxygens (including phenoxy) is 2. The molecule has 30 heavy (non-hydrogen) atoms. The molecule has 0 aromatic heterocycles. The number of methoxy groups -OCH3 is 1. The van der Waals surface area contributed by atoms with Crippen LogP contribution in [0.5, 0.6) is 11.5 Å². The molecule has 2 N–H and O–H groups in total. The largest absolute Gasteiger partial charge is 0.493 e. The molecule has 0 unspecified atom stereocenters. The second-order valence-corrected chi connectivity index (χ2v) is 8.15. The van der Waals surface area contributed by atoms with Gasteiger partial charge in [0.1, 0.15) is 12.7 Å². The lowest BCUT2D eigenvalue weighted by molar-refractivity contribution is 0.0498. The minimum absolute atomic E-state index is 0.253. The van der Waals surface area contributed by atoms with E-state index in [4.69, 9.17) is 9.47 Å². The van der Waals surface area contributed by atoms with Gasteiger partial charge in [0.05, 0.1) is 7.11 Å². The first kappa shape index (κ1) is 22.6. The van der Waals surface area contributed by atoms with Gasteiger partial charge in [-0.1, -0.05) is 35.9 Å². The first-order valence-corrected chi connectivity index (χ1v) is 10.7. The van der Waals surface area contributed by atoms with E-state index in [1.165, 1.54) is 11.1 Å². The van der Waals surface area contributed by atoms with Crippen LogP contribution in [0.3, 0.4) is 0 Å². The molecule has 0 radical (unpaired) electrons. The molecule has 2 aromatic rings. The normalized spacial score (nSPS) is 16.4. The number of piperazine rings is 1. The van der Waals surface area contributed by atoms with Crippen LogP contribution in [0.25, 0.3) is 0 Å². The van der Waals surface area contributed by atoms with E-state index in [9.17, 15) is 5.11 Å². The van der Waals surface area contributed by atoms with Crippen LogP contribution in [0.15, 0.2) is 42.5 Å². The fraction of sp³-hybridized carbons (Fsp3) is 0.500. The molecule has 1 fully saturated rings. The van der Waals surface area contributed by atoms with Crippen molar-refractivity contribution < 1.29 is 14.6 Å². The van der Waals surface area contributed by atoms with Gasteiger partial charge in [-0.3, -0.25) is 4.90 Å². The minimum atomic E-state index is -0.527. The van der Waals surface area contributed by atoms with Gasteiger partial charge in [0.15, 0.2) is 11.5 Å². The van der Waals surface area contributed by atoms with Gasteiger partial charge in [-0.25, -0.2) is 0 Å². The maximum Gasteiger partial charge on any atom is 0.161 e. The molecule has 1 heterocycles. The van der Waals surface area contributed by atoms with Crippen molar-refractivity contribution in [3.63, 3.8) is 0 Å². The van der Waals surface area contributed by atoms with E-state index in [0.29, 0.717) is 18.0 Å². The Hall–Kier alpha value is -2.12. The number of benzene rings is 2. The van der Waals surface area contributed by atoms with E-state index in [1.807, 2.05) is 18.2 Å². The number of aliphatic hydroxyl groups excluding tert-OH is 1. The number of hydrogen-bond acceptors (Lipinski definition) is 6. The summed E-state index contributed by atoms with van der Waals surface area (Å²) in [5, 5.41) is 13.9. The summed E-state index contributed by atoms with van der Waals surface area (Å²) in [4.78, 5) is 4.60. The van der Waals surface area contributed by atoms with Crippen LogP contribution < -0.4 is 14.8 Å². The monoisotopic (exact) mass is 413 g/mol. The van der Waals surface area contributed by atoms with Crippen molar-refractivity contribution in [2.45, 2.75) is 26.1 Å². The second-order valence-electron chi connectivity index (χ2n) is 8.15. The minimum Gasteiger partial charge on any atom is -0.493 e. The van der Waals surface area contributed by atoms with Crippen molar-refractivity contribution in [3.05, 3.63) is 59.2 Å². The summed E-state index contributed by atoms with van der Waals surface area (Å²) in [5.41, 5.74) is 3.66.